The second kappa shape index (κ2) is 5.93. The summed E-state index contributed by atoms with van der Waals surface area (Å²) in [4.78, 5) is 8.17. The van der Waals surface area contributed by atoms with Crippen molar-refractivity contribution < 1.29 is 4.52 Å². The Bertz CT molecular complexity index is 724. The van der Waals surface area contributed by atoms with Crippen molar-refractivity contribution in [3.63, 3.8) is 0 Å². The number of pyridine rings is 1. The molecule has 1 N–H and O–H groups in total. The van der Waals surface area contributed by atoms with Crippen molar-refractivity contribution >= 4 is 39.5 Å². The summed E-state index contributed by atoms with van der Waals surface area (Å²) in [5.41, 5.74) is 4.47. The largest absolute Gasteiger partial charge is 0.342 e. The van der Waals surface area contributed by atoms with Gasteiger partial charge in [0.2, 0.25) is 5.82 Å². The molecule has 3 aromatic heterocycles. The van der Waals surface area contributed by atoms with Gasteiger partial charge in [-0.2, -0.15) is 10.1 Å². The topological polar surface area (TPSA) is 76.2 Å². The third-order valence-corrected chi connectivity index (χ3v) is 3.83. The van der Waals surface area contributed by atoms with Crippen LogP contribution in [0.3, 0.4) is 0 Å². The lowest BCUT2D eigenvalue weighted by Gasteiger charge is -1.90. The molecular formula is C12H8BrN5OS. The van der Waals surface area contributed by atoms with Crippen molar-refractivity contribution in [1.29, 1.82) is 0 Å². The number of hydrogen-bond donors (Lipinski definition) is 1. The zero-order valence-corrected chi connectivity index (χ0v) is 12.4. The average molecular weight is 350 g/mol. The van der Waals surface area contributed by atoms with Crippen molar-refractivity contribution in [3.05, 3.63) is 45.3 Å². The highest BCUT2D eigenvalue weighted by Crippen LogP contribution is 2.19. The zero-order chi connectivity index (χ0) is 13.8. The van der Waals surface area contributed by atoms with Crippen LogP contribution in [0.5, 0.6) is 0 Å². The molecule has 0 saturated carbocycles. The summed E-state index contributed by atoms with van der Waals surface area (Å²) in [5.74, 6) is 0.467. The molecule has 8 heteroatoms. The minimum Gasteiger partial charge on any atom is -0.313 e. The number of rotatable bonds is 4. The first-order chi connectivity index (χ1) is 9.81. The highest BCUT2D eigenvalue weighted by molar-refractivity contribution is 9.11. The van der Waals surface area contributed by atoms with Crippen molar-refractivity contribution in [2.45, 2.75) is 0 Å². The fourth-order valence-electron chi connectivity index (χ4n) is 1.43. The molecule has 0 aliphatic rings. The molecule has 6 nitrogen and oxygen atoms in total. The highest BCUT2D eigenvalue weighted by Gasteiger charge is 2.07. The fraction of sp³-hybridized carbons (Fsp3) is 0. The Morgan fingerprint density at radius 3 is 3.15 bits per heavy atom. The van der Waals surface area contributed by atoms with Crippen LogP contribution in [0.2, 0.25) is 0 Å². The van der Waals surface area contributed by atoms with E-state index in [9.17, 15) is 0 Å². The predicted octanol–water partition coefficient (Wildman–Crippen LogP) is 3.40. The highest BCUT2D eigenvalue weighted by atomic mass is 79.9. The van der Waals surface area contributed by atoms with Gasteiger partial charge in [0, 0.05) is 28.9 Å². The maximum Gasteiger partial charge on any atom is 0.342 e. The van der Waals surface area contributed by atoms with Crippen LogP contribution < -0.4 is 5.43 Å². The van der Waals surface area contributed by atoms with Gasteiger partial charge in [-0.05, 0) is 34.1 Å². The van der Waals surface area contributed by atoms with Crippen LogP contribution in [-0.2, 0) is 0 Å². The van der Waals surface area contributed by atoms with Crippen LogP contribution in [0.15, 0.2) is 49.4 Å². The summed E-state index contributed by atoms with van der Waals surface area (Å²) in [6, 6.07) is 5.86. The molecular weight excluding hydrogens is 342 g/mol. The van der Waals surface area contributed by atoms with Crippen LogP contribution in [0, 0.1) is 0 Å². The number of halogens is 1. The molecule has 0 aliphatic heterocycles. The molecule has 0 saturated heterocycles. The number of nitrogens with zero attached hydrogens (tertiary/aromatic N) is 4. The quantitative estimate of drug-likeness (QED) is 0.576. The van der Waals surface area contributed by atoms with E-state index >= 15 is 0 Å². The van der Waals surface area contributed by atoms with E-state index < -0.39 is 0 Å². The van der Waals surface area contributed by atoms with E-state index in [2.05, 4.69) is 41.6 Å². The molecule has 0 radical (unpaired) electrons. The second-order valence-electron chi connectivity index (χ2n) is 3.72. The number of nitrogens with one attached hydrogen (secondary N) is 1. The maximum absolute atomic E-state index is 5.04. The third-order valence-electron chi connectivity index (χ3n) is 2.31. The van der Waals surface area contributed by atoms with Gasteiger partial charge in [0.1, 0.15) is 0 Å². The molecule has 0 fully saturated rings. The summed E-state index contributed by atoms with van der Waals surface area (Å²) in [6.07, 6.45) is 5.03. The van der Waals surface area contributed by atoms with Crippen LogP contribution >= 0.6 is 27.3 Å². The Morgan fingerprint density at radius 1 is 1.45 bits per heavy atom. The predicted molar refractivity (Wildman–Crippen MR) is 80.8 cm³/mol. The van der Waals surface area contributed by atoms with E-state index in [4.69, 9.17) is 4.52 Å². The Balaban J connectivity index is 1.67. The minimum atomic E-state index is 0.231. The van der Waals surface area contributed by atoms with Gasteiger partial charge in [0.25, 0.3) is 0 Å². The molecule has 0 aromatic carbocycles. The second-order valence-corrected chi connectivity index (χ2v) is 6.01. The van der Waals surface area contributed by atoms with Gasteiger partial charge < -0.3 is 4.52 Å². The van der Waals surface area contributed by atoms with Crippen molar-refractivity contribution in [3.8, 4) is 11.4 Å². The van der Waals surface area contributed by atoms with Gasteiger partial charge in [-0.15, -0.1) is 11.3 Å². The van der Waals surface area contributed by atoms with Gasteiger partial charge in [-0.1, -0.05) is 5.16 Å². The number of aromatic nitrogens is 3. The average Bonchev–Trinajstić information content (AvgIpc) is 3.09. The van der Waals surface area contributed by atoms with Crippen LogP contribution in [-0.4, -0.2) is 21.3 Å². The lowest BCUT2D eigenvalue weighted by Crippen LogP contribution is -1.90. The summed E-state index contributed by atoms with van der Waals surface area (Å²) >= 11 is 4.98. The lowest BCUT2D eigenvalue weighted by molar-refractivity contribution is 0.433. The first kappa shape index (κ1) is 12.9. The van der Waals surface area contributed by atoms with Crippen LogP contribution in [0.25, 0.3) is 11.4 Å². The molecule has 0 bridgehead atoms. The lowest BCUT2D eigenvalue weighted by atomic mass is 10.3. The molecule has 20 heavy (non-hydrogen) atoms. The zero-order valence-electron chi connectivity index (χ0n) is 10.0. The first-order valence-corrected chi connectivity index (χ1v) is 7.26. The molecule has 3 heterocycles. The SMILES string of the molecule is Brc1cc(/C=N/Nc2nc(-c3cccnc3)no2)cs1. The van der Waals surface area contributed by atoms with E-state index in [1.165, 1.54) is 0 Å². The minimum absolute atomic E-state index is 0.231. The van der Waals surface area contributed by atoms with E-state index in [0.717, 1.165) is 14.9 Å². The van der Waals surface area contributed by atoms with Crippen molar-refractivity contribution in [1.82, 2.24) is 15.1 Å². The maximum atomic E-state index is 5.04. The summed E-state index contributed by atoms with van der Waals surface area (Å²) in [7, 11) is 0. The van der Waals surface area contributed by atoms with E-state index in [-0.39, 0.29) is 6.01 Å². The summed E-state index contributed by atoms with van der Waals surface area (Å²) < 4.78 is 6.09. The van der Waals surface area contributed by atoms with Gasteiger partial charge >= 0.3 is 6.01 Å². The molecule has 0 aliphatic carbocycles. The summed E-state index contributed by atoms with van der Waals surface area (Å²) in [6.45, 7) is 0. The first-order valence-electron chi connectivity index (χ1n) is 5.58. The number of hydrogen-bond acceptors (Lipinski definition) is 7. The molecule has 3 aromatic rings. The van der Waals surface area contributed by atoms with Gasteiger partial charge in [-0.25, -0.2) is 5.43 Å². The van der Waals surface area contributed by atoms with E-state index in [1.54, 1.807) is 29.9 Å². The van der Waals surface area contributed by atoms with E-state index in [1.807, 2.05) is 23.6 Å². The number of anilines is 1. The molecule has 0 atom stereocenters. The molecule has 3 rings (SSSR count). The van der Waals surface area contributed by atoms with Crippen molar-refractivity contribution in [2.75, 3.05) is 5.43 Å². The van der Waals surface area contributed by atoms with Gasteiger partial charge in [0.05, 0.1) is 10.0 Å². The monoisotopic (exact) mass is 349 g/mol. The van der Waals surface area contributed by atoms with E-state index in [0.29, 0.717) is 5.82 Å². The van der Waals surface area contributed by atoms with Crippen molar-refractivity contribution in [2.24, 2.45) is 5.10 Å². The number of hydrazone groups is 1. The Hall–Kier alpha value is -2.06. The summed E-state index contributed by atoms with van der Waals surface area (Å²) in [5, 5.41) is 9.86. The molecule has 0 spiro atoms. The van der Waals surface area contributed by atoms with Crippen LogP contribution in [0.4, 0.5) is 6.01 Å². The number of thiophene rings is 1. The standard InChI is InChI=1S/C12H8BrN5OS/c13-10-4-8(7-20-10)5-15-17-12-16-11(18-19-12)9-2-1-3-14-6-9/h1-7H,(H,16,17,18)/b15-5+. The van der Waals surface area contributed by atoms with Crippen LogP contribution in [0.1, 0.15) is 5.56 Å². The smallest absolute Gasteiger partial charge is 0.313 e. The molecule has 100 valence electrons. The molecule has 0 unspecified atom stereocenters. The van der Waals surface area contributed by atoms with Gasteiger partial charge in [0.15, 0.2) is 0 Å². The Kier molecular flexibility index (Phi) is 3.84. The Morgan fingerprint density at radius 2 is 2.40 bits per heavy atom. The normalized spacial score (nSPS) is 11.1. The third kappa shape index (κ3) is 3.09. The molecule has 0 amide bonds. The Labute approximate surface area is 126 Å². The van der Waals surface area contributed by atoms with Gasteiger partial charge in [-0.3, -0.25) is 4.98 Å². The fourth-order valence-corrected chi connectivity index (χ4v) is 2.56.